The Bertz CT molecular complexity index is 806. The van der Waals surface area contributed by atoms with Gasteiger partial charge in [0.15, 0.2) is 5.96 Å². The zero-order valence-corrected chi connectivity index (χ0v) is 17.2. The molecule has 0 spiro atoms. The first-order valence-electron chi connectivity index (χ1n) is 8.00. The SMILES string of the molecule is CN=C(NCC(=O)Nc1cccc(F)c1)NCc1ccccc1OC(F)F.I. The van der Waals surface area contributed by atoms with Gasteiger partial charge in [0.25, 0.3) is 0 Å². The number of hydrogen-bond acceptors (Lipinski definition) is 3. The van der Waals surface area contributed by atoms with Crippen LogP contribution in [0.5, 0.6) is 5.75 Å². The van der Waals surface area contributed by atoms with E-state index in [0.29, 0.717) is 11.3 Å². The van der Waals surface area contributed by atoms with Crippen molar-refractivity contribution < 1.29 is 22.7 Å². The third kappa shape index (κ3) is 8.03. The van der Waals surface area contributed by atoms with E-state index in [0.717, 1.165) is 0 Å². The molecule has 0 aliphatic rings. The van der Waals surface area contributed by atoms with Crippen LogP contribution in [0.1, 0.15) is 5.56 Å². The third-order valence-electron chi connectivity index (χ3n) is 3.38. The second-order valence-corrected chi connectivity index (χ2v) is 5.32. The molecule has 6 nitrogen and oxygen atoms in total. The average Bonchev–Trinajstić information content (AvgIpc) is 2.62. The van der Waals surface area contributed by atoms with Crippen molar-refractivity contribution in [3.05, 3.63) is 59.9 Å². The van der Waals surface area contributed by atoms with Gasteiger partial charge in [-0.1, -0.05) is 24.3 Å². The molecule has 2 rings (SSSR count). The summed E-state index contributed by atoms with van der Waals surface area (Å²) >= 11 is 0. The second kappa shape index (κ2) is 12.1. The number of anilines is 1. The van der Waals surface area contributed by atoms with E-state index in [1.54, 1.807) is 24.3 Å². The van der Waals surface area contributed by atoms with E-state index in [4.69, 9.17) is 0 Å². The number of benzene rings is 2. The average molecular weight is 508 g/mol. The van der Waals surface area contributed by atoms with Crippen molar-refractivity contribution in [2.24, 2.45) is 4.99 Å². The van der Waals surface area contributed by atoms with E-state index >= 15 is 0 Å². The highest BCUT2D eigenvalue weighted by molar-refractivity contribution is 14.0. The second-order valence-electron chi connectivity index (χ2n) is 5.32. The summed E-state index contributed by atoms with van der Waals surface area (Å²) in [6.07, 6.45) is 0. The van der Waals surface area contributed by atoms with Gasteiger partial charge in [-0.25, -0.2) is 4.39 Å². The molecule has 10 heteroatoms. The summed E-state index contributed by atoms with van der Waals surface area (Å²) in [6.45, 7) is -2.88. The first-order chi connectivity index (χ1) is 13.0. The maximum Gasteiger partial charge on any atom is 0.387 e. The molecule has 28 heavy (non-hydrogen) atoms. The van der Waals surface area contributed by atoms with Crippen molar-refractivity contribution in [2.45, 2.75) is 13.2 Å². The van der Waals surface area contributed by atoms with Gasteiger partial charge in [0.1, 0.15) is 11.6 Å². The summed E-state index contributed by atoms with van der Waals surface area (Å²) < 4.78 is 42.4. The van der Waals surface area contributed by atoms with Crippen molar-refractivity contribution >= 4 is 41.5 Å². The van der Waals surface area contributed by atoms with Crippen LogP contribution in [-0.2, 0) is 11.3 Å². The maximum atomic E-state index is 13.1. The molecule has 0 unspecified atom stereocenters. The molecule has 0 aliphatic heterocycles. The van der Waals surface area contributed by atoms with E-state index in [9.17, 15) is 18.0 Å². The maximum absolute atomic E-state index is 13.1. The number of carbonyl (C=O) groups excluding carboxylic acids is 1. The highest BCUT2D eigenvalue weighted by Gasteiger charge is 2.10. The molecular weight excluding hydrogens is 488 g/mol. The summed E-state index contributed by atoms with van der Waals surface area (Å²) in [5.74, 6) is -0.511. The first kappa shape index (κ1) is 23.5. The smallest absolute Gasteiger partial charge is 0.387 e. The van der Waals surface area contributed by atoms with Gasteiger partial charge in [-0.05, 0) is 24.3 Å². The molecule has 0 radical (unpaired) electrons. The van der Waals surface area contributed by atoms with Crippen LogP contribution in [0.2, 0.25) is 0 Å². The lowest BCUT2D eigenvalue weighted by atomic mass is 10.2. The number of halogens is 4. The fourth-order valence-electron chi connectivity index (χ4n) is 2.20. The molecule has 0 bridgehead atoms. The highest BCUT2D eigenvalue weighted by atomic mass is 127. The molecule has 0 atom stereocenters. The van der Waals surface area contributed by atoms with Gasteiger partial charge < -0.3 is 20.7 Å². The van der Waals surface area contributed by atoms with E-state index in [2.05, 4.69) is 25.7 Å². The topological polar surface area (TPSA) is 74.8 Å². The fourth-order valence-corrected chi connectivity index (χ4v) is 2.20. The Morgan fingerprint density at radius 3 is 2.57 bits per heavy atom. The number of hydrogen-bond donors (Lipinski definition) is 3. The first-order valence-corrected chi connectivity index (χ1v) is 8.00. The molecule has 3 N–H and O–H groups in total. The number of nitrogens with zero attached hydrogens (tertiary/aromatic N) is 1. The lowest BCUT2D eigenvalue weighted by molar-refractivity contribution is -0.115. The van der Waals surface area contributed by atoms with Crippen molar-refractivity contribution in [1.29, 1.82) is 0 Å². The Morgan fingerprint density at radius 1 is 1.14 bits per heavy atom. The molecule has 0 aromatic heterocycles. The molecule has 152 valence electrons. The van der Waals surface area contributed by atoms with Crippen LogP contribution in [0, 0.1) is 5.82 Å². The minimum Gasteiger partial charge on any atom is -0.434 e. The molecule has 2 aromatic rings. The number of guanidine groups is 1. The number of amides is 1. The largest absolute Gasteiger partial charge is 0.434 e. The minimum atomic E-state index is -2.92. The Kier molecular flexibility index (Phi) is 10.1. The molecule has 2 aromatic carbocycles. The quantitative estimate of drug-likeness (QED) is 0.305. The molecule has 0 saturated carbocycles. The van der Waals surface area contributed by atoms with E-state index in [1.165, 1.54) is 31.3 Å². The van der Waals surface area contributed by atoms with E-state index in [1.807, 2.05) is 0 Å². The number of nitrogens with one attached hydrogen (secondary N) is 3. The standard InChI is InChI=1S/C18H19F3N4O2.HI/c1-22-18(23-10-12-5-2-3-8-15(12)27-17(20)21)24-11-16(26)25-14-7-4-6-13(19)9-14;/h2-9,17H,10-11H2,1H3,(H,25,26)(H2,22,23,24);1H. The van der Waals surface area contributed by atoms with Crippen LogP contribution in [0.15, 0.2) is 53.5 Å². The fraction of sp³-hybridized carbons (Fsp3) is 0.222. The van der Waals surface area contributed by atoms with Crippen LogP contribution in [-0.4, -0.2) is 32.1 Å². The number of para-hydroxylation sites is 1. The Balaban J connectivity index is 0.00000392. The molecule has 1 amide bonds. The van der Waals surface area contributed by atoms with Crippen molar-refractivity contribution in [3.63, 3.8) is 0 Å². The van der Waals surface area contributed by atoms with Crippen molar-refractivity contribution in [3.8, 4) is 5.75 Å². The van der Waals surface area contributed by atoms with Crippen LogP contribution in [0.3, 0.4) is 0 Å². The van der Waals surface area contributed by atoms with E-state index in [-0.39, 0.29) is 48.8 Å². The monoisotopic (exact) mass is 508 g/mol. The van der Waals surface area contributed by atoms with Crippen LogP contribution < -0.4 is 20.7 Å². The lowest BCUT2D eigenvalue weighted by Gasteiger charge is -2.14. The normalized spacial score (nSPS) is 10.8. The van der Waals surface area contributed by atoms with Gasteiger partial charge in [0.05, 0.1) is 6.54 Å². The number of rotatable bonds is 7. The van der Waals surface area contributed by atoms with E-state index < -0.39 is 18.3 Å². The number of ether oxygens (including phenoxy) is 1. The summed E-state index contributed by atoms with van der Waals surface area (Å²) in [4.78, 5) is 15.9. The summed E-state index contributed by atoms with van der Waals surface area (Å²) in [5.41, 5.74) is 0.841. The van der Waals surface area contributed by atoms with Gasteiger partial charge in [-0.2, -0.15) is 8.78 Å². The van der Waals surface area contributed by atoms with Crippen LogP contribution >= 0.6 is 24.0 Å². The number of alkyl halides is 2. The summed E-state index contributed by atoms with van der Waals surface area (Å²) in [5, 5.41) is 8.22. The zero-order valence-electron chi connectivity index (χ0n) is 14.9. The minimum absolute atomic E-state index is 0. The predicted octanol–water partition coefficient (Wildman–Crippen LogP) is 3.35. The van der Waals surface area contributed by atoms with Crippen LogP contribution in [0.4, 0.5) is 18.9 Å². The summed E-state index contributed by atoms with van der Waals surface area (Å²) in [6, 6.07) is 11.9. The molecular formula is C18H20F3IN4O2. The zero-order chi connectivity index (χ0) is 19.6. The highest BCUT2D eigenvalue weighted by Crippen LogP contribution is 2.19. The summed E-state index contributed by atoms with van der Waals surface area (Å²) in [7, 11) is 1.50. The Morgan fingerprint density at radius 2 is 1.89 bits per heavy atom. The van der Waals surface area contributed by atoms with Gasteiger partial charge in [0, 0.05) is 24.8 Å². The molecule has 0 saturated heterocycles. The van der Waals surface area contributed by atoms with Gasteiger partial charge >= 0.3 is 6.61 Å². The van der Waals surface area contributed by atoms with Crippen LogP contribution in [0.25, 0.3) is 0 Å². The van der Waals surface area contributed by atoms with Gasteiger partial charge in [0.2, 0.25) is 5.91 Å². The molecule has 0 heterocycles. The predicted molar refractivity (Wildman–Crippen MR) is 112 cm³/mol. The number of carbonyl (C=O) groups is 1. The van der Waals surface area contributed by atoms with Gasteiger partial charge in [-0.15, -0.1) is 24.0 Å². The van der Waals surface area contributed by atoms with Crippen molar-refractivity contribution in [1.82, 2.24) is 10.6 Å². The van der Waals surface area contributed by atoms with Crippen molar-refractivity contribution in [2.75, 3.05) is 18.9 Å². The Labute approximate surface area is 177 Å². The molecule has 0 aliphatic carbocycles. The molecule has 0 fully saturated rings. The number of aliphatic imine (C=N–C) groups is 1. The Hall–Kier alpha value is -2.50. The third-order valence-corrected chi connectivity index (χ3v) is 3.38. The lowest BCUT2D eigenvalue weighted by Crippen LogP contribution is -2.41. The van der Waals surface area contributed by atoms with Gasteiger partial charge in [-0.3, -0.25) is 9.79 Å².